The first-order valence-electron chi connectivity index (χ1n) is 6.03. The molecule has 6 heteroatoms. The van der Waals surface area contributed by atoms with Crippen LogP contribution in [-0.4, -0.2) is 29.9 Å². The lowest BCUT2D eigenvalue weighted by molar-refractivity contribution is -0.114. The van der Waals surface area contributed by atoms with E-state index in [1.54, 1.807) is 6.07 Å². The summed E-state index contributed by atoms with van der Waals surface area (Å²) < 4.78 is 0. The van der Waals surface area contributed by atoms with Crippen LogP contribution in [0.1, 0.15) is 29.6 Å². The second kappa shape index (κ2) is 5.90. The Morgan fingerprint density at radius 1 is 1.05 bits per heavy atom. The third kappa shape index (κ3) is 2.61. The zero-order valence-corrected chi connectivity index (χ0v) is 11.7. The van der Waals surface area contributed by atoms with Crippen LogP contribution in [0, 0.1) is 0 Å². The minimum Gasteiger partial charge on any atom is -0.396 e. The summed E-state index contributed by atoms with van der Waals surface area (Å²) in [6.07, 6.45) is 2.15. The molecule has 0 saturated carbocycles. The summed E-state index contributed by atoms with van der Waals surface area (Å²) in [5.74, 6) is -1.20. The van der Waals surface area contributed by atoms with E-state index in [1.807, 2.05) is 0 Å². The highest BCUT2D eigenvalue weighted by Crippen LogP contribution is 2.39. The van der Waals surface area contributed by atoms with E-state index < -0.39 is 11.7 Å². The number of Topliss-reactive ketones (excluding diaryl/α,β-unsaturated/α-hetero) is 1. The summed E-state index contributed by atoms with van der Waals surface area (Å²) in [4.78, 5) is 25.2. The van der Waals surface area contributed by atoms with Gasteiger partial charge in [-0.2, -0.15) is 0 Å². The Balaban J connectivity index is 2.26. The third-order valence-corrected chi connectivity index (χ3v) is 3.67. The number of unbranched alkanes of at least 4 members (excludes halogenated alkanes) is 2. The van der Waals surface area contributed by atoms with Crippen molar-refractivity contribution >= 4 is 40.6 Å². The molecule has 1 aliphatic heterocycles. The van der Waals surface area contributed by atoms with Gasteiger partial charge in [0, 0.05) is 13.2 Å². The van der Waals surface area contributed by atoms with Crippen LogP contribution >= 0.6 is 23.2 Å². The fourth-order valence-corrected chi connectivity index (χ4v) is 2.62. The van der Waals surface area contributed by atoms with Gasteiger partial charge in [-0.15, -0.1) is 0 Å². The lowest BCUT2D eigenvalue weighted by atomic mass is 10.1. The molecule has 0 atom stereocenters. The van der Waals surface area contributed by atoms with Crippen LogP contribution in [0.3, 0.4) is 0 Å². The number of carbonyl (C=O) groups excluding carboxylic acids is 2. The lowest BCUT2D eigenvalue weighted by Crippen LogP contribution is -2.30. The molecule has 0 fully saturated rings. The number of fused-ring (bicyclic) bond motifs is 1. The van der Waals surface area contributed by atoms with Crippen molar-refractivity contribution in [1.29, 1.82) is 0 Å². The van der Waals surface area contributed by atoms with E-state index in [9.17, 15) is 9.59 Å². The zero-order valence-electron chi connectivity index (χ0n) is 10.2. The lowest BCUT2D eigenvalue weighted by Gasteiger charge is -2.17. The number of anilines is 1. The molecule has 0 aliphatic carbocycles. The molecular weight excluding hydrogens is 289 g/mol. The number of aliphatic hydroxyl groups is 1. The summed E-state index contributed by atoms with van der Waals surface area (Å²) in [7, 11) is 0. The number of halogens is 2. The largest absolute Gasteiger partial charge is 0.396 e. The monoisotopic (exact) mass is 301 g/mol. The molecule has 1 aliphatic rings. The summed E-state index contributed by atoms with van der Waals surface area (Å²) in [5.41, 5.74) is 0.606. The molecule has 1 aromatic rings. The van der Waals surface area contributed by atoms with E-state index in [0.717, 1.165) is 6.42 Å². The third-order valence-electron chi connectivity index (χ3n) is 3.05. The van der Waals surface area contributed by atoms with Gasteiger partial charge in [-0.1, -0.05) is 23.2 Å². The number of carbonyl (C=O) groups is 2. The van der Waals surface area contributed by atoms with Crippen molar-refractivity contribution in [3.05, 3.63) is 27.7 Å². The van der Waals surface area contributed by atoms with Crippen molar-refractivity contribution in [2.75, 3.05) is 18.1 Å². The maximum Gasteiger partial charge on any atom is 0.299 e. The average molecular weight is 302 g/mol. The molecule has 1 N–H and O–H groups in total. The zero-order chi connectivity index (χ0) is 14.0. The van der Waals surface area contributed by atoms with Gasteiger partial charge in [0.1, 0.15) is 0 Å². The number of rotatable bonds is 5. The van der Waals surface area contributed by atoms with Gasteiger partial charge in [-0.3, -0.25) is 9.59 Å². The molecule has 0 bridgehead atoms. The van der Waals surface area contributed by atoms with Gasteiger partial charge in [0.25, 0.3) is 11.7 Å². The number of ketones is 1. The van der Waals surface area contributed by atoms with Crippen molar-refractivity contribution in [2.45, 2.75) is 19.3 Å². The molecule has 1 heterocycles. The van der Waals surface area contributed by atoms with Crippen LogP contribution < -0.4 is 4.90 Å². The topological polar surface area (TPSA) is 57.6 Å². The molecule has 1 amide bonds. The molecule has 0 spiro atoms. The molecule has 1 aromatic carbocycles. The van der Waals surface area contributed by atoms with Crippen molar-refractivity contribution < 1.29 is 14.7 Å². The highest BCUT2D eigenvalue weighted by molar-refractivity contribution is 6.56. The van der Waals surface area contributed by atoms with E-state index in [0.29, 0.717) is 30.1 Å². The first-order chi connectivity index (χ1) is 9.07. The SMILES string of the molecule is O=C1C(=O)N(CCCCCO)c2c(Cl)ccc(Cl)c21. The van der Waals surface area contributed by atoms with Crippen LogP contribution in [-0.2, 0) is 4.79 Å². The van der Waals surface area contributed by atoms with E-state index >= 15 is 0 Å². The Hall–Kier alpha value is -1.10. The average Bonchev–Trinajstić information content (AvgIpc) is 2.65. The van der Waals surface area contributed by atoms with Crippen LogP contribution in [0.5, 0.6) is 0 Å². The number of hydrogen-bond acceptors (Lipinski definition) is 3. The van der Waals surface area contributed by atoms with E-state index in [1.165, 1.54) is 11.0 Å². The van der Waals surface area contributed by atoms with Crippen LogP contribution in [0.25, 0.3) is 0 Å². The van der Waals surface area contributed by atoms with Gasteiger partial charge in [0.05, 0.1) is 21.3 Å². The molecule has 4 nitrogen and oxygen atoms in total. The van der Waals surface area contributed by atoms with Gasteiger partial charge in [0.2, 0.25) is 0 Å². The Morgan fingerprint density at radius 3 is 2.42 bits per heavy atom. The van der Waals surface area contributed by atoms with Gasteiger partial charge in [-0.05, 0) is 31.4 Å². The smallest absolute Gasteiger partial charge is 0.299 e. The fourth-order valence-electron chi connectivity index (χ4n) is 2.12. The second-order valence-electron chi connectivity index (χ2n) is 4.32. The maximum atomic E-state index is 11.9. The van der Waals surface area contributed by atoms with Crippen molar-refractivity contribution in [1.82, 2.24) is 0 Å². The highest BCUT2D eigenvalue weighted by atomic mass is 35.5. The van der Waals surface area contributed by atoms with Crippen molar-refractivity contribution in [3.63, 3.8) is 0 Å². The minimum absolute atomic E-state index is 0.121. The first-order valence-corrected chi connectivity index (χ1v) is 6.78. The molecule has 0 saturated heterocycles. The fraction of sp³-hybridized carbons (Fsp3) is 0.385. The van der Waals surface area contributed by atoms with Crippen LogP contribution in [0.4, 0.5) is 5.69 Å². The number of nitrogens with zero attached hydrogens (tertiary/aromatic N) is 1. The molecular formula is C13H13Cl2NO3. The molecule has 0 aromatic heterocycles. The Bertz CT molecular complexity index is 531. The van der Waals surface area contributed by atoms with Gasteiger partial charge >= 0.3 is 0 Å². The van der Waals surface area contributed by atoms with E-state index in [-0.39, 0.29) is 17.2 Å². The standard InChI is InChI=1S/C13H13Cl2NO3/c14-8-4-5-9(15)11-10(8)12(18)13(19)16(11)6-2-1-3-7-17/h4-5,17H,1-3,6-7H2. The Kier molecular flexibility index (Phi) is 4.45. The predicted molar refractivity (Wildman–Crippen MR) is 74.1 cm³/mol. The van der Waals surface area contributed by atoms with Gasteiger partial charge < -0.3 is 10.0 Å². The first kappa shape index (κ1) is 14.3. The number of amides is 1. The predicted octanol–water partition coefficient (Wildman–Crippen LogP) is 2.69. The summed E-state index contributed by atoms with van der Waals surface area (Å²) >= 11 is 12.0. The normalized spacial score (nSPS) is 14.2. The van der Waals surface area contributed by atoms with Crippen LogP contribution in [0.2, 0.25) is 10.0 Å². The number of aliphatic hydroxyl groups excluding tert-OH is 1. The van der Waals surface area contributed by atoms with Crippen molar-refractivity contribution in [3.8, 4) is 0 Å². The van der Waals surface area contributed by atoms with Gasteiger partial charge in [-0.25, -0.2) is 0 Å². The van der Waals surface area contributed by atoms with Gasteiger partial charge in [0.15, 0.2) is 0 Å². The second-order valence-corrected chi connectivity index (χ2v) is 5.14. The summed E-state index contributed by atoms with van der Waals surface area (Å²) in [5, 5.41) is 9.31. The number of benzene rings is 1. The molecule has 2 rings (SSSR count). The summed E-state index contributed by atoms with van der Waals surface area (Å²) in [6.45, 7) is 0.522. The molecule has 0 unspecified atom stereocenters. The maximum absolute atomic E-state index is 11.9. The minimum atomic E-state index is -0.607. The highest BCUT2D eigenvalue weighted by Gasteiger charge is 2.38. The molecule has 19 heavy (non-hydrogen) atoms. The molecule has 102 valence electrons. The quantitative estimate of drug-likeness (QED) is 0.672. The van der Waals surface area contributed by atoms with E-state index in [4.69, 9.17) is 28.3 Å². The molecule has 0 radical (unpaired) electrons. The number of hydrogen-bond donors (Lipinski definition) is 1. The Morgan fingerprint density at radius 2 is 1.74 bits per heavy atom. The van der Waals surface area contributed by atoms with Crippen molar-refractivity contribution in [2.24, 2.45) is 0 Å². The van der Waals surface area contributed by atoms with E-state index in [2.05, 4.69) is 0 Å². The summed E-state index contributed by atoms with van der Waals surface area (Å²) in [6, 6.07) is 3.10. The Labute approximate surface area is 120 Å². The van der Waals surface area contributed by atoms with Crippen LogP contribution in [0.15, 0.2) is 12.1 Å².